The third kappa shape index (κ3) is 3.08. The average molecular weight is 297 g/mol. The summed E-state index contributed by atoms with van der Waals surface area (Å²) in [5.74, 6) is 0. The van der Waals surface area contributed by atoms with E-state index in [9.17, 15) is 0 Å². The number of hydrogen-bond donors (Lipinski definition) is 1. The summed E-state index contributed by atoms with van der Waals surface area (Å²) in [5.41, 5.74) is 1.63. The fourth-order valence-electron chi connectivity index (χ4n) is 2.96. The number of pyridine rings is 1. The lowest BCUT2D eigenvalue weighted by atomic mass is 9.78. The third-order valence-electron chi connectivity index (χ3n) is 4.14. The van der Waals surface area contributed by atoms with Gasteiger partial charge in [-0.25, -0.2) is 0 Å². The Morgan fingerprint density at radius 3 is 2.65 bits per heavy atom. The molecular weight excluding hydrogens is 276 g/mol. The predicted octanol–water partition coefficient (Wildman–Crippen LogP) is 3.55. The molecule has 1 N–H and O–H groups in total. The topological polar surface area (TPSA) is 24.9 Å². The molecule has 94 valence electrons. The van der Waals surface area contributed by atoms with Crippen LogP contribution in [-0.2, 0) is 6.42 Å². The molecule has 2 nitrogen and oxygen atoms in total. The van der Waals surface area contributed by atoms with Crippen LogP contribution in [0.1, 0.15) is 38.3 Å². The Labute approximate surface area is 112 Å². The lowest BCUT2D eigenvalue weighted by molar-refractivity contribution is 0.228. The van der Waals surface area contributed by atoms with E-state index in [0.717, 1.165) is 10.9 Å². The van der Waals surface area contributed by atoms with Crippen LogP contribution < -0.4 is 5.32 Å². The lowest BCUT2D eigenvalue weighted by Gasteiger charge is -2.33. The number of hydrogen-bond acceptors (Lipinski definition) is 2. The fraction of sp³-hybridized carbons (Fsp3) is 0.643. The maximum atomic E-state index is 4.48. The van der Waals surface area contributed by atoms with Gasteiger partial charge in [0.25, 0.3) is 0 Å². The van der Waals surface area contributed by atoms with Gasteiger partial charge in [-0.2, -0.15) is 0 Å². The van der Waals surface area contributed by atoms with Gasteiger partial charge in [0.05, 0.1) is 0 Å². The van der Waals surface area contributed by atoms with Crippen LogP contribution in [0.4, 0.5) is 0 Å². The summed E-state index contributed by atoms with van der Waals surface area (Å²) < 4.78 is 1.05. The molecule has 0 saturated heterocycles. The summed E-state index contributed by atoms with van der Waals surface area (Å²) in [6.07, 6.45) is 8.36. The molecule has 2 rings (SSSR count). The van der Waals surface area contributed by atoms with Crippen molar-refractivity contribution in [2.45, 2.75) is 45.1 Å². The van der Waals surface area contributed by atoms with Crippen LogP contribution in [0.25, 0.3) is 0 Å². The molecule has 0 aromatic carbocycles. The smallest absolute Gasteiger partial charge is 0.0420 e. The number of nitrogens with zero attached hydrogens (tertiary/aromatic N) is 1. The first-order valence-corrected chi connectivity index (χ1v) is 7.21. The number of rotatable bonds is 4. The third-order valence-corrected chi connectivity index (χ3v) is 4.61. The van der Waals surface area contributed by atoms with E-state index in [4.69, 9.17) is 0 Å². The van der Waals surface area contributed by atoms with Gasteiger partial charge in [-0.1, -0.05) is 19.8 Å². The van der Waals surface area contributed by atoms with E-state index in [1.165, 1.54) is 31.4 Å². The Balaban J connectivity index is 2.06. The van der Waals surface area contributed by atoms with Crippen molar-refractivity contribution >= 4 is 15.9 Å². The van der Waals surface area contributed by atoms with Crippen LogP contribution in [0.2, 0.25) is 0 Å². The molecule has 1 heterocycles. The minimum atomic E-state index is 0.448. The van der Waals surface area contributed by atoms with Crippen LogP contribution in [0, 0.1) is 5.41 Å². The van der Waals surface area contributed by atoms with Crippen LogP contribution >= 0.6 is 15.9 Å². The van der Waals surface area contributed by atoms with Gasteiger partial charge in [0.1, 0.15) is 0 Å². The van der Waals surface area contributed by atoms with Crippen LogP contribution in [-0.4, -0.2) is 18.1 Å². The number of aromatic nitrogens is 1. The summed E-state index contributed by atoms with van der Waals surface area (Å²) >= 11 is 3.43. The quantitative estimate of drug-likeness (QED) is 0.919. The Kier molecular flexibility index (Phi) is 4.21. The highest BCUT2D eigenvalue weighted by Crippen LogP contribution is 2.41. The molecule has 1 unspecified atom stereocenters. The van der Waals surface area contributed by atoms with E-state index < -0.39 is 0 Å². The van der Waals surface area contributed by atoms with E-state index in [1.54, 1.807) is 0 Å². The van der Waals surface area contributed by atoms with Crippen molar-refractivity contribution in [3.8, 4) is 0 Å². The second-order valence-electron chi connectivity index (χ2n) is 5.37. The molecule has 0 spiro atoms. The Morgan fingerprint density at radius 1 is 1.41 bits per heavy atom. The summed E-state index contributed by atoms with van der Waals surface area (Å²) in [6.45, 7) is 2.42. The minimum absolute atomic E-state index is 0.448. The van der Waals surface area contributed by atoms with Crippen LogP contribution in [0.15, 0.2) is 22.8 Å². The largest absolute Gasteiger partial charge is 0.316 e. The first-order valence-electron chi connectivity index (χ1n) is 6.42. The van der Waals surface area contributed by atoms with Gasteiger partial charge >= 0.3 is 0 Å². The molecular formula is C14H21BrN2. The SMILES string of the molecule is CNC(Cc1ccc(Br)cn1)C1(C)CCCC1. The summed E-state index contributed by atoms with van der Waals surface area (Å²) in [5, 5.41) is 3.50. The average Bonchev–Trinajstić information content (AvgIpc) is 2.76. The van der Waals surface area contributed by atoms with Gasteiger partial charge in [0.15, 0.2) is 0 Å². The summed E-state index contributed by atoms with van der Waals surface area (Å²) in [6, 6.07) is 4.73. The van der Waals surface area contributed by atoms with Gasteiger partial charge in [-0.15, -0.1) is 0 Å². The zero-order valence-corrected chi connectivity index (χ0v) is 12.3. The lowest BCUT2D eigenvalue weighted by Crippen LogP contribution is -2.42. The van der Waals surface area contributed by atoms with Crippen molar-refractivity contribution in [2.24, 2.45) is 5.41 Å². The molecule has 0 amide bonds. The van der Waals surface area contributed by atoms with Crippen molar-refractivity contribution in [2.75, 3.05) is 7.05 Å². The molecule has 1 aliphatic rings. The molecule has 0 radical (unpaired) electrons. The predicted molar refractivity (Wildman–Crippen MR) is 75.1 cm³/mol. The molecule has 1 saturated carbocycles. The van der Waals surface area contributed by atoms with Crippen molar-refractivity contribution in [3.05, 3.63) is 28.5 Å². The van der Waals surface area contributed by atoms with E-state index in [2.05, 4.69) is 52.3 Å². The highest BCUT2D eigenvalue weighted by atomic mass is 79.9. The second-order valence-corrected chi connectivity index (χ2v) is 6.29. The van der Waals surface area contributed by atoms with Crippen molar-refractivity contribution in [1.29, 1.82) is 0 Å². The maximum Gasteiger partial charge on any atom is 0.0420 e. The summed E-state index contributed by atoms with van der Waals surface area (Å²) in [4.78, 5) is 4.48. The van der Waals surface area contributed by atoms with Crippen molar-refractivity contribution < 1.29 is 0 Å². The molecule has 1 aromatic rings. The molecule has 0 aliphatic heterocycles. The maximum absolute atomic E-state index is 4.48. The van der Waals surface area contributed by atoms with E-state index in [-0.39, 0.29) is 0 Å². The Morgan fingerprint density at radius 2 is 2.12 bits per heavy atom. The normalized spacial score (nSPS) is 20.4. The zero-order valence-electron chi connectivity index (χ0n) is 10.7. The molecule has 3 heteroatoms. The zero-order chi connectivity index (χ0) is 12.3. The van der Waals surface area contributed by atoms with Gasteiger partial charge in [-0.05, 0) is 53.4 Å². The van der Waals surface area contributed by atoms with Crippen molar-refractivity contribution in [3.63, 3.8) is 0 Å². The molecule has 0 bridgehead atoms. The van der Waals surface area contributed by atoms with Gasteiger partial charge in [0.2, 0.25) is 0 Å². The van der Waals surface area contributed by atoms with Gasteiger partial charge < -0.3 is 5.32 Å². The number of halogens is 1. The molecule has 1 aliphatic carbocycles. The monoisotopic (exact) mass is 296 g/mol. The van der Waals surface area contributed by atoms with E-state index >= 15 is 0 Å². The van der Waals surface area contributed by atoms with E-state index in [0.29, 0.717) is 11.5 Å². The Bertz CT molecular complexity index is 355. The summed E-state index contributed by atoms with van der Waals surface area (Å²) in [7, 11) is 2.08. The van der Waals surface area contributed by atoms with Gasteiger partial charge in [-0.3, -0.25) is 4.98 Å². The first kappa shape index (κ1) is 13.0. The minimum Gasteiger partial charge on any atom is -0.316 e. The molecule has 1 aromatic heterocycles. The Hall–Kier alpha value is -0.410. The second kappa shape index (κ2) is 5.49. The highest BCUT2D eigenvalue weighted by molar-refractivity contribution is 9.10. The van der Waals surface area contributed by atoms with Crippen LogP contribution in [0.3, 0.4) is 0 Å². The standard InChI is InChI=1S/C14H21BrN2/c1-14(7-3-4-8-14)13(16-2)9-12-6-5-11(15)10-17-12/h5-6,10,13,16H,3-4,7-9H2,1-2H3. The number of likely N-dealkylation sites (N-methyl/N-ethyl adjacent to an activating group) is 1. The van der Waals surface area contributed by atoms with E-state index in [1.807, 2.05) is 6.20 Å². The molecule has 1 atom stereocenters. The van der Waals surface area contributed by atoms with Gasteiger partial charge in [0, 0.05) is 28.8 Å². The van der Waals surface area contributed by atoms with Crippen molar-refractivity contribution in [1.82, 2.24) is 10.3 Å². The highest BCUT2D eigenvalue weighted by Gasteiger charge is 2.36. The molecule has 17 heavy (non-hydrogen) atoms. The first-order chi connectivity index (χ1) is 8.14. The molecule has 1 fully saturated rings. The van der Waals surface area contributed by atoms with Crippen LogP contribution in [0.5, 0.6) is 0 Å². The fourth-order valence-corrected chi connectivity index (χ4v) is 3.20. The number of nitrogens with one attached hydrogen (secondary N) is 1.